The van der Waals surface area contributed by atoms with E-state index in [1.54, 1.807) is 0 Å². The van der Waals surface area contributed by atoms with Gasteiger partial charge in [-0.25, -0.2) is 9.97 Å². The van der Waals surface area contributed by atoms with Crippen molar-refractivity contribution >= 4 is 5.82 Å². The Morgan fingerprint density at radius 1 is 1.41 bits per heavy atom. The molecule has 0 amide bonds. The van der Waals surface area contributed by atoms with Gasteiger partial charge >= 0.3 is 0 Å². The molecule has 0 saturated heterocycles. The van der Waals surface area contributed by atoms with Crippen molar-refractivity contribution in [1.29, 1.82) is 0 Å². The number of rotatable bonds is 5. The molecule has 0 bridgehead atoms. The summed E-state index contributed by atoms with van der Waals surface area (Å²) >= 11 is 0. The Morgan fingerprint density at radius 2 is 2.12 bits per heavy atom. The van der Waals surface area contributed by atoms with Gasteiger partial charge in [-0.1, -0.05) is 27.7 Å². The summed E-state index contributed by atoms with van der Waals surface area (Å²) in [4.78, 5) is 9.35. The van der Waals surface area contributed by atoms with E-state index in [-0.39, 0.29) is 0 Å². The van der Waals surface area contributed by atoms with Crippen molar-refractivity contribution in [2.45, 2.75) is 52.4 Å². The predicted molar refractivity (Wildman–Crippen MR) is 71.4 cm³/mol. The van der Waals surface area contributed by atoms with Crippen LogP contribution in [0.1, 0.15) is 63.9 Å². The van der Waals surface area contributed by atoms with Crippen LogP contribution in [0.4, 0.5) is 5.82 Å². The summed E-state index contributed by atoms with van der Waals surface area (Å²) in [6, 6.07) is 2.09. The summed E-state index contributed by atoms with van der Waals surface area (Å²) < 4.78 is 0. The lowest BCUT2D eigenvalue weighted by atomic mass is 10.1. The highest BCUT2D eigenvalue weighted by molar-refractivity contribution is 5.38. The molecule has 94 valence electrons. The van der Waals surface area contributed by atoms with Gasteiger partial charge in [0, 0.05) is 24.2 Å². The molecule has 1 heterocycles. The Morgan fingerprint density at radius 3 is 2.65 bits per heavy atom. The molecule has 1 aliphatic rings. The minimum absolute atomic E-state index is 0.466. The van der Waals surface area contributed by atoms with Crippen molar-refractivity contribution < 1.29 is 0 Å². The van der Waals surface area contributed by atoms with E-state index in [1.807, 2.05) is 0 Å². The van der Waals surface area contributed by atoms with E-state index in [2.05, 4.69) is 44.1 Å². The second-order valence-corrected chi connectivity index (χ2v) is 5.44. The molecule has 1 saturated carbocycles. The zero-order chi connectivity index (χ0) is 12.4. The van der Waals surface area contributed by atoms with Crippen LogP contribution in [0, 0.1) is 5.92 Å². The lowest BCUT2D eigenvalue weighted by molar-refractivity contribution is 0.766. The molecule has 2 unspecified atom stereocenters. The van der Waals surface area contributed by atoms with E-state index in [1.165, 1.54) is 6.42 Å². The van der Waals surface area contributed by atoms with E-state index in [9.17, 15) is 0 Å². The molecule has 2 rings (SSSR count). The number of nitrogens with zero attached hydrogens (tertiary/aromatic N) is 2. The third-order valence-corrected chi connectivity index (χ3v) is 3.35. The SMILES string of the molecule is CCCNc1cc(C(C)C)nc(C2CC2C)n1. The molecular weight excluding hydrogens is 210 g/mol. The summed E-state index contributed by atoms with van der Waals surface area (Å²) in [7, 11) is 0. The number of nitrogens with one attached hydrogen (secondary N) is 1. The topological polar surface area (TPSA) is 37.8 Å². The minimum Gasteiger partial charge on any atom is -0.370 e. The average molecular weight is 233 g/mol. The van der Waals surface area contributed by atoms with Crippen molar-refractivity contribution in [1.82, 2.24) is 9.97 Å². The molecule has 1 aromatic heterocycles. The highest BCUT2D eigenvalue weighted by atomic mass is 15.0. The van der Waals surface area contributed by atoms with Gasteiger partial charge in [-0.2, -0.15) is 0 Å². The first-order valence-electron chi connectivity index (χ1n) is 6.74. The minimum atomic E-state index is 0.466. The number of anilines is 1. The lowest BCUT2D eigenvalue weighted by Gasteiger charge is -2.11. The number of hydrogen-bond donors (Lipinski definition) is 1. The van der Waals surface area contributed by atoms with Crippen LogP contribution >= 0.6 is 0 Å². The monoisotopic (exact) mass is 233 g/mol. The fourth-order valence-electron chi connectivity index (χ4n) is 1.97. The Kier molecular flexibility index (Phi) is 3.65. The maximum atomic E-state index is 4.70. The molecule has 1 aliphatic carbocycles. The highest BCUT2D eigenvalue weighted by Gasteiger charge is 2.37. The molecule has 1 fully saturated rings. The van der Waals surface area contributed by atoms with E-state index in [4.69, 9.17) is 4.98 Å². The van der Waals surface area contributed by atoms with Crippen LogP contribution in [0.15, 0.2) is 6.07 Å². The van der Waals surface area contributed by atoms with Crippen molar-refractivity contribution in [3.05, 3.63) is 17.6 Å². The predicted octanol–water partition coefficient (Wildman–Crippen LogP) is 3.55. The molecule has 1 N–H and O–H groups in total. The van der Waals surface area contributed by atoms with E-state index in [0.717, 1.165) is 36.2 Å². The van der Waals surface area contributed by atoms with E-state index >= 15 is 0 Å². The van der Waals surface area contributed by atoms with Crippen LogP contribution in [0.25, 0.3) is 0 Å². The van der Waals surface area contributed by atoms with E-state index in [0.29, 0.717) is 11.8 Å². The van der Waals surface area contributed by atoms with E-state index < -0.39 is 0 Å². The normalized spacial score (nSPS) is 22.9. The zero-order valence-corrected chi connectivity index (χ0v) is 11.3. The second kappa shape index (κ2) is 5.03. The zero-order valence-electron chi connectivity index (χ0n) is 11.3. The molecular formula is C14H23N3. The molecule has 1 aromatic rings. The van der Waals surface area contributed by atoms with Crippen LogP contribution in [0.5, 0.6) is 0 Å². The molecule has 0 aromatic carbocycles. The van der Waals surface area contributed by atoms with Gasteiger partial charge in [0.25, 0.3) is 0 Å². The standard InChI is InChI=1S/C14H23N3/c1-5-6-15-13-8-12(9(2)3)16-14(17-13)11-7-10(11)4/h8-11H,5-7H2,1-4H3,(H,15,16,17). The van der Waals surface area contributed by atoms with Gasteiger partial charge in [-0.15, -0.1) is 0 Å². The number of hydrogen-bond acceptors (Lipinski definition) is 3. The van der Waals surface area contributed by atoms with Gasteiger partial charge in [-0.05, 0) is 24.7 Å². The fourth-order valence-corrected chi connectivity index (χ4v) is 1.97. The molecule has 0 spiro atoms. The van der Waals surface area contributed by atoms with Crippen molar-refractivity contribution in [2.24, 2.45) is 5.92 Å². The summed E-state index contributed by atoms with van der Waals surface area (Å²) in [6.45, 7) is 9.79. The first-order chi connectivity index (χ1) is 8.11. The lowest BCUT2D eigenvalue weighted by Crippen LogP contribution is -2.07. The first kappa shape index (κ1) is 12.3. The summed E-state index contributed by atoms with van der Waals surface area (Å²) in [5.41, 5.74) is 1.16. The molecule has 3 heteroatoms. The van der Waals surface area contributed by atoms with Crippen LogP contribution in [0.2, 0.25) is 0 Å². The maximum Gasteiger partial charge on any atom is 0.134 e. The number of aromatic nitrogens is 2. The van der Waals surface area contributed by atoms with Gasteiger partial charge in [-0.3, -0.25) is 0 Å². The van der Waals surface area contributed by atoms with Crippen molar-refractivity contribution in [3.63, 3.8) is 0 Å². The van der Waals surface area contributed by atoms with Gasteiger partial charge in [0.2, 0.25) is 0 Å². The molecule has 3 nitrogen and oxygen atoms in total. The van der Waals surface area contributed by atoms with Gasteiger partial charge < -0.3 is 5.32 Å². The quantitative estimate of drug-likeness (QED) is 0.845. The van der Waals surface area contributed by atoms with Gasteiger partial charge in [0.05, 0.1) is 0 Å². The first-order valence-corrected chi connectivity index (χ1v) is 6.74. The third-order valence-electron chi connectivity index (χ3n) is 3.35. The van der Waals surface area contributed by atoms with Crippen LogP contribution in [0.3, 0.4) is 0 Å². The van der Waals surface area contributed by atoms with Crippen molar-refractivity contribution in [2.75, 3.05) is 11.9 Å². The summed E-state index contributed by atoms with van der Waals surface area (Å²) in [6.07, 6.45) is 2.37. The highest BCUT2D eigenvalue weighted by Crippen LogP contribution is 2.45. The Balaban J connectivity index is 2.22. The third kappa shape index (κ3) is 2.96. The van der Waals surface area contributed by atoms with Crippen LogP contribution in [-0.2, 0) is 0 Å². The molecule has 17 heavy (non-hydrogen) atoms. The average Bonchev–Trinajstić information content (AvgIpc) is 3.03. The smallest absolute Gasteiger partial charge is 0.134 e. The Hall–Kier alpha value is -1.12. The summed E-state index contributed by atoms with van der Waals surface area (Å²) in [5.74, 6) is 3.86. The van der Waals surface area contributed by atoms with Crippen molar-refractivity contribution in [3.8, 4) is 0 Å². The van der Waals surface area contributed by atoms with Gasteiger partial charge in [0.1, 0.15) is 11.6 Å². The maximum absolute atomic E-state index is 4.70. The Labute approximate surface area is 104 Å². The van der Waals surface area contributed by atoms with Crippen LogP contribution in [-0.4, -0.2) is 16.5 Å². The second-order valence-electron chi connectivity index (χ2n) is 5.44. The van der Waals surface area contributed by atoms with Crippen LogP contribution < -0.4 is 5.32 Å². The molecule has 0 radical (unpaired) electrons. The van der Waals surface area contributed by atoms with Gasteiger partial charge in [0.15, 0.2) is 0 Å². The summed E-state index contributed by atoms with van der Waals surface area (Å²) in [5, 5.41) is 3.38. The largest absolute Gasteiger partial charge is 0.370 e. The molecule has 0 aliphatic heterocycles. The molecule has 2 atom stereocenters. The Bertz CT molecular complexity index is 387. The fraction of sp³-hybridized carbons (Fsp3) is 0.714.